The molecule has 0 heterocycles. The molecule has 1 aromatic carbocycles. The van der Waals surface area contributed by atoms with Crippen molar-refractivity contribution < 1.29 is 4.74 Å². The van der Waals surface area contributed by atoms with E-state index in [0.29, 0.717) is 6.61 Å². The first-order valence-electron chi connectivity index (χ1n) is 7.61. The molecule has 21 heavy (non-hydrogen) atoms. The first-order valence-corrected chi connectivity index (χ1v) is 7.61. The van der Waals surface area contributed by atoms with Gasteiger partial charge >= 0.3 is 0 Å². The summed E-state index contributed by atoms with van der Waals surface area (Å²) in [5.41, 5.74) is 5.44. The van der Waals surface area contributed by atoms with E-state index in [0.717, 1.165) is 12.8 Å². The van der Waals surface area contributed by atoms with Crippen molar-refractivity contribution >= 4 is 0 Å². The third kappa shape index (κ3) is 7.10. The third-order valence-electron chi connectivity index (χ3n) is 3.71. The normalized spacial score (nSPS) is 12.9. The molecule has 0 saturated carbocycles. The Balaban J connectivity index is 2.50. The van der Waals surface area contributed by atoms with Crippen LogP contribution in [-0.2, 0) is 11.3 Å². The van der Waals surface area contributed by atoms with Gasteiger partial charge in [0.05, 0.1) is 12.7 Å². The maximum absolute atomic E-state index is 5.90. The predicted octanol–water partition coefficient (Wildman–Crippen LogP) is 5.84. The molecule has 1 heteroatoms. The molecular formula is C20H28O. The number of hydrogen-bond acceptors (Lipinski definition) is 1. The summed E-state index contributed by atoms with van der Waals surface area (Å²) in [4.78, 5) is 0. The second-order valence-corrected chi connectivity index (χ2v) is 5.79. The van der Waals surface area contributed by atoms with E-state index >= 15 is 0 Å². The summed E-state index contributed by atoms with van der Waals surface area (Å²) >= 11 is 0. The molecule has 0 aliphatic heterocycles. The minimum atomic E-state index is -0.0165. The number of rotatable bonds is 8. The Bertz CT molecular complexity index is 490. The summed E-state index contributed by atoms with van der Waals surface area (Å²) in [6.07, 6.45) is 6.22. The first-order chi connectivity index (χ1) is 10.0. The molecule has 0 fully saturated rings. The largest absolute Gasteiger partial charge is 0.365 e. The molecule has 1 rings (SSSR count). The maximum atomic E-state index is 5.90. The van der Waals surface area contributed by atoms with Crippen LogP contribution in [0.1, 0.15) is 46.1 Å². The first kappa shape index (κ1) is 17.5. The quantitative estimate of drug-likeness (QED) is 0.545. The van der Waals surface area contributed by atoms with Crippen LogP contribution in [0.5, 0.6) is 0 Å². The van der Waals surface area contributed by atoms with Crippen LogP contribution in [0.3, 0.4) is 0 Å². The smallest absolute Gasteiger partial charge is 0.0941 e. The fourth-order valence-electron chi connectivity index (χ4n) is 1.95. The zero-order valence-corrected chi connectivity index (χ0v) is 13.9. The Morgan fingerprint density at radius 2 is 1.76 bits per heavy atom. The van der Waals surface area contributed by atoms with Crippen molar-refractivity contribution in [3.8, 4) is 0 Å². The standard InChI is InChI=1S/C20H28O/c1-6-20(21-15-19-10-8-7-9-11-19)14-17(4)12-13-18(5)16(2)3/h6-11,14,20H,1,12-13,15H2,2-5H3/b17-14+. The minimum absolute atomic E-state index is 0.0165. The monoisotopic (exact) mass is 284 g/mol. The van der Waals surface area contributed by atoms with Crippen molar-refractivity contribution in [3.05, 3.63) is 71.3 Å². The molecule has 0 amide bonds. The fraction of sp³-hybridized carbons (Fsp3) is 0.400. The van der Waals surface area contributed by atoms with Crippen LogP contribution >= 0.6 is 0 Å². The van der Waals surface area contributed by atoms with Crippen LogP contribution in [0.25, 0.3) is 0 Å². The molecular weight excluding hydrogens is 256 g/mol. The summed E-state index contributed by atoms with van der Waals surface area (Å²) in [5, 5.41) is 0. The molecule has 0 N–H and O–H groups in total. The lowest BCUT2D eigenvalue weighted by Crippen LogP contribution is -2.07. The van der Waals surface area contributed by atoms with Gasteiger partial charge in [0.25, 0.3) is 0 Å². The lowest BCUT2D eigenvalue weighted by atomic mass is 10.0. The van der Waals surface area contributed by atoms with E-state index in [-0.39, 0.29) is 6.10 Å². The van der Waals surface area contributed by atoms with Gasteiger partial charge in [0, 0.05) is 0 Å². The lowest BCUT2D eigenvalue weighted by molar-refractivity contribution is 0.101. The molecule has 114 valence electrons. The van der Waals surface area contributed by atoms with Gasteiger partial charge in [-0.15, -0.1) is 6.58 Å². The van der Waals surface area contributed by atoms with Gasteiger partial charge in [-0.25, -0.2) is 0 Å². The van der Waals surface area contributed by atoms with E-state index in [1.54, 1.807) is 0 Å². The van der Waals surface area contributed by atoms with Gasteiger partial charge in [-0.05, 0) is 46.1 Å². The van der Waals surface area contributed by atoms with E-state index < -0.39 is 0 Å². The van der Waals surface area contributed by atoms with Crippen molar-refractivity contribution in [2.75, 3.05) is 0 Å². The minimum Gasteiger partial charge on any atom is -0.365 e. The molecule has 0 saturated heterocycles. The van der Waals surface area contributed by atoms with Crippen LogP contribution in [0.2, 0.25) is 0 Å². The second kappa shape index (κ2) is 9.36. The summed E-state index contributed by atoms with van der Waals surface area (Å²) in [6, 6.07) is 10.2. The van der Waals surface area contributed by atoms with E-state index in [2.05, 4.69) is 52.5 Å². The Kier molecular flexibility index (Phi) is 7.78. The third-order valence-corrected chi connectivity index (χ3v) is 3.71. The summed E-state index contributed by atoms with van der Waals surface area (Å²) in [5.74, 6) is 0. The molecule has 0 aliphatic carbocycles. The Morgan fingerprint density at radius 1 is 1.10 bits per heavy atom. The molecule has 1 atom stereocenters. The zero-order valence-electron chi connectivity index (χ0n) is 13.9. The summed E-state index contributed by atoms with van der Waals surface area (Å²) < 4.78 is 5.90. The highest BCUT2D eigenvalue weighted by atomic mass is 16.5. The van der Waals surface area contributed by atoms with Crippen LogP contribution in [0.4, 0.5) is 0 Å². The van der Waals surface area contributed by atoms with Gasteiger partial charge in [0.15, 0.2) is 0 Å². The molecule has 0 bridgehead atoms. The van der Waals surface area contributed by atoms with Gasteiger partial charge < -0.3 is 4.74 Å². The number of allylic oxidation sites excluding steroid dienone is 3. The fourth-order valence-corrected chi connectivity index (χ4v) is 1.95. The Labute approximate surface area is 130 Å². The average molecular weight is 284 g/mol. The van der Waals surface area contributed by atoms with Gasteiger partial charge in [-0.1, -0.05) is 59.2 Å². The molecule has 1 unspecified atom stereocenters. The molecule has 1 nitrogen and oxygen atoms in total. The number of ether oxygens (including phenoxy) is 1. The van der Waals surface area contributed by atoms with Crippen molar-refractivity contribution in [2.45, 2.75) is 53.2 Å². The summed E-state index contributed by atoms with van der Waals surface area (Å²) in [7, 11) is 0. The van der Waals surface area contributed by atoms with Crippen molar-refractivity contribution in [1.29, 1.82) is 0 Å². The topological polar surface area (TPSA) is 9.23 Å². The van der Waals surface area contributed by atoms with E-state index in [1.165, 1.54) is 22.3 Å². The van der Waals surface area contributed by atoms with Gasteiger partial charge in [0.1, 0.15) is 0 Å². The Morgan fingerprint density at radius 3 is 2.33 bits per heavy atom. The van der Waals surface area contributed by atoms with E-state index in [4.69, 9.17) is 4.74 Å². The molecule has 0 spiro atoms. The number of hydrogen-bond donors (Lipinski definition) is 0. The van der Waals surface area contributed by atoms with Crippen molar-refractivity contribution in [3.63, 3.8) is 0 Å². The van der Waals surface area contributed by atoms with Gasteiger partial charge in [-0.3, -0.25) is 0 Å². The van der Waals surface area contributed by atoms with E-state index in [9.17, 15) is 0 Å². The highest BCUT2D eigenvalue weighted by molar-refractivity contribution is 5.15. The van der Waals surface area contributed by atoms with Crippen LogP contribution in [0.15, 0.2) is 65.8 Å². The summed E-state index contributed by atoms with van der Waals surface area (Å²) in [6.45, 7) is 13.2. The van der Waals surface area contributed by atoms with Crippen molar-refractivity contribution in [1.82, 2.24) is 0 Å². The highest BCUT2D eigenvalue weighted by Crippen LogP contribution is 2.16. The molecule has 0 radical (unpaired) electrons. The lowest BCUT2D eigenvalue weighted by Gasteiger charge is -2.12. The highest BCUT2D eigenvalue weighted by Gasteiger charge is 2.03. The van der Waals surface area contributed by atoms with Crippen LogP contribution in [-0.4, -0.2) is 6.10 Å². The van der Waals surface area contributed by atoms with Gasteiger partial charge in [-0.2, -0.15) is 0 Å². The second-order valence-electron chi connectivity index (χ2n) is 5.79. The Hall–Kier alpha value is -1.60. The SMILES string of the molecule is C=CC(/C=C(\C)CCC(C)=C(C)C)OCc1ccccc1. The molecule has 0 aromatic heterocycles. The molecule has 0 aliphatic rings. The van der Waals surface area contributed by atoms with Crippen LogP contribution < -0.4 is 0 Å². The van der Waals surface area contributed by atoms with E-state index in [1.807, 2.05) is 24.3 Å². The number of benzene rings is 1. The maximum Gasteiger partial charge on any atom is 0.0941 e. The van der Waals surface area contributed by atoms with Crippen LogP contribution in [0, 0.1) is 0 Å². The molecule has 1 aromatic rings. The van der Waals surface area contributed by atoms with Gasteiger partial charge in [0.2, 0.25) is 0 Å². The average Bonchev–Trinajstić information content (AvgIpc) is 2.49. The van der Waals surface area contributed by atoms with Crippen molar-refractivity contribution in [2.24, 2.45) is 0 Å². The zero-order chi connectivity index (χ0) is 15.7. The predicted molar refractivity (Wildman–Crippen MR) is 92.3 cm³/mol.